The number of rotatable bonds is 2. The van der Waals surface area contributed by atoms with E-state index in [0.717, 1.165) is 10.3 Å². The normalized spacial score (nSPS) is 11.1. The third-order valence-corrected chi connectivity index (χ3v) is 3.79. The van der Waals surface area contributed by atoms with E-state index in [0.29, 0.717) is 11.1 Å². The summed E-state index contributed by atoms with van der Waals surface area (Å²) in [5.74, 6) is -0.297. The van der Waals surface area contributed by atoms with E-state index in [1.54, 1.807) is 19.2 Å². The number of H-pyrrole nitrogens is 1. The number of fused-ring (bicyclic) bond motifs is 1. The van der Waals surface area contributed by atoms with Gasteiger partial charge in [-0.1, -0.05) is 4.49 Å². The topological polar surface area (TPSA) is 80.6 Å². The van der Waals surface area contributed by atoms with Crippen LogP contribution in [-0.4, -0.2) is 25.2 Å². The average molecular weight is 274 g/mol. The van der Waals surface area contributed by atoms with E-state index in [1.165, 1.54) is 22.4 Å². The van der Waals surface area contributed by atoms with Crippen LogP contribution < -0.4 is 5.56 Å². The van der Waals surface area contributed by atoms with Gasteiger partial charge in [0.2, 0.25) is 5.78 Å². The molecule has 3 aromatic rings. The fourth-order valence-corrected chi connectivity index (χ4v) is 2.61. The molecule has 0 aliphatic carbocycles. The minimum atomic E-state index is -0.333. The predicted molar refractivity (Wildman–Crippen MR) is 71.6 cm³/mol. The Labute approximate surface area is 111 Å². The Kier molecular flexibility index (Phi) is 2.56. The maximum atomic E-state index is 12.4. The Morgan fingerprint density at radius 1 is 1.37 bits per heavy atom. The molecule has 0 saturated carbocycles. The lowest BCUT2D eigenvalue weighted by molar-refractivity contribution is 0.103. The van der Waals surface area contributed by atoms with Gasteiger partial charge in [0, 0.05) is 18.8 Å². The van der Waals surface area contributed by atoms with E-state index in [9.17, 15) is 9.59 Å². The van der Waals surface area contributed by atoms with Crippen LogP contribution in [0.5, 0.6) is 0 Å². The van der Waals surface area contributed by atoms with Crippen molar-refractivity contribution in [2.45, 2.75) is 6.92 Å². The molecule has 2 heterocycles. The molecule has 0 saturated heterocycles. The summed E-state index contributed by atoms with van der Waals surface area (Å²) in [6.45, 7) is 1.81. The number of nitrogens with zero attached hydrogens (tertiary/aromatic N) is 3. The molecule has 0 fully saturated rings. The molecule has 0 aliphatic rings. The average Bonchev–Trinajstić information content (AvgIpc) is 2.98. The summed E-state index contributed by atoms with van der Waals surface area (Å²) in [4.78, 5) is 24.2. The maximum Gasteiger partial charge on any atom is 0.277 e. The van der Waals surface area contributed by atoms with Gasteiger partial charge in [0.15, 0.2) is 0 Å². The van der Waals surface area contributed by atoms with Gasteiger partial charge in [-0.2, -0.15) is 0 Å². The van der Waals surface area contributed by atoms with Crippen LogP contribution in [0, 0.1) is 6.92 Å². The van der Waals surface area contributed by atoms with Crippen molar-refractivity contribution in [3.05, 3.63) is 45.4 Å². The Balaban J connectivity index is 2.19. The van der Waals surface area contributed by atoms with E-state index in [-0.39, 0.29) is 16.9 Å². The first kappa shape index (κ1) is 11.8. The van der Waals surface area contributed by atoms with Gasteiger partial charge in [-0.3, -0.25) is 14.3 Å². The lowest BCUT2D eigenvalue weighted by Gasteiger charge is -2.02. The molecule has 19 heavy (non-hydrogen) atoms. The van der Waals surface area contributed by atoms with Crippen molar-refractivity contribution in [1.82, 2.24) is 19.4 Å². The number of carbonyl (C=O) groups excluding carboxylic acids is 1. The summed E-state index contributed by atoms with van der Waals surface area (Å²) >= 11 is 1.28. The van der Waals surface area contributed by atoms with Crippen molar-refractivity contribution < 1.29 is 4.79 Å². The molecule has 0 bridgehead atoms. The number of aryl methyl sites for hydroxylation is 2. The number of hydrogen-bond donors (Lipinski definition) is 1. The summed E-state index contributed by atoms with van der Waals surface area (Å²) in [6.07, 6.45) is 1.42. The number of carbonyl (C=O) groups is 1. The number of aromatic nitrogens is 4. The number of hydrogen-bond acceptors (Lipinski definition) is 5. The largest absolute Gasteiger partial charge is 0.302 e. The smallest absolute Gasteiger partial charge is 0.277 e. The highest BCUT2D eigenvalue weighted by Gasteiger charge is 2.19. The molecule has 0 spiro atoms. The SMILES string of the molecule is Cc1c(C(=O)c2c[nH]n(C)c2=O)ccc2snnc12. The molecule has 96 valence electrons. The fraction of sp³-hybridized carbons (Fsp3) is 0.167. The number of nitrogens with one attached hydrogen (secondary N) is 1. The van der Waals surface area contributed by atoms with Gasteiger partial charge in [-0.25, -0.2) is 0 Å². The minimum Gasteiger partial charge on any atom is -0.302 e. The molecule has 1 N–H and O–H groups in total. The molecule has 6 nitrogen and oxygen atoms in total. The van der Waals surface area contributed by atoms with Crippen LogP contribution in [0.4, 0.5) is 0 Å². The summed E-state index contributed by atoms with van der Waals surface area (Å²) in [5.41, 5.74) is 1.74. The Bertz CT molecular complexity index is 843. The van der Waals surface area contributed by atoms with Crippen molar-refractivity contribution in [2.24, 2.45) is 7.05 Å². The Morgan fingerprint density at radius 3 is 2.84 bits per heavy atom. The van der Waals surface area contributed by atoms with E-state index >= 15 is 0 Å². The highest BCUT2D eigenvalue weighted by Crippen LogP contribution is 2.23. The quantitative estimate of drug-likeness (QED) is 0.713. The molecule has 0 atom stereocenters. The maximum absolute atomic E-state index is 12.4. The van der Waals surface area contributed by atoms with E-state index in [4.69, 9.17) is 0 Å². The van der Waals surface area contributed by atoms with Crippen LogP contribution in [0.15, 0.2) is 23.1 Å². The summed E-state index contributed by atoms with van der Waals surface area (Å²) in [7, 11) is 1.57. The second-order valence-corrected chi connectivity index (χ2v) is 5.02. The number of ketones is 1. The van der Waals surface area contributed by atoms with Crippen LogP contribution in [-0.2, 0) is 7.05 Å². The zero-order valence-electron chi connectivity index (χ0n) is 10.3. The van der Waals surface area contributed by atoms with Crippen LogP contribution in [0.2, 0.25) is 0 Å². The van der Waals surface area contributed by atoms with Gasteiger partial charge in [-0.15, -0.1) is 5.10 Å². The second kappa shape index (κ2) is 4.13. The Morgan fingerprint density at radius 2 is 2.16 bits per heavy atom. The van der Waals surface area contributed by atoms with Gasteiger partial charge < -0.3 is 5.10 Å². The molecular formula is C12H10N4O2S. The standard InChI is InChI=1S/C12H10N4O2S/c1-6-7(3-4-9-10(6)14-15-19-9)11(17)8-5-13-16(2)12(8)18/h3-5,13H,1-2H3. The first-order chi connectivity index (χ1) is 9.09. The highest BCUT2D eigenvalue weighted by molar-refractivity contribution is 7.12. The van der Waals surface area contributed by atoms with Crippen LogP contribution in [0.25, 0.3) is 10.2 Å². The molecule has 1 aromatic carbocycles. The van der Waals surface area contributed by atoms with Gasteiger partial charge in [0.1, 0.15) is 11.1 Å². The lowest BCUT2D eigenvalue weighted by atomic mass is 10.0. The zero-order chi connectivity index (χ0) is 13.6. The molecule has 0 amide bonds. The summed E-state index contributed by atoms with van der Waals surface area (Å²) in [5, 5.41) is 6.70. The van der Waals surface area contributed by atoms with E-state index in [2.05, 4.69) is 14.7 Å². The highest BCUT2D eigenvalue weighted by atomic mass is 32.1. The molecule has 7 heteroatoms. The third-order valence-electron chi connectivity index (χ3n) is 3.10. The Hall–Kier alpha value is -2.28. The minimum absolute atomic E-state index is 0.133. The van der Waals surface area contributed by atoms with Crippen LogP contribution >= 0.6 is 11.5 Å². The van der Waals surface area contributed by atoms with Gasteiger partial charge in [0.05, 0.1) is 4.70 Å². The number of aromatic amines is 1. The number of benzene rings is 1. The van der Waals surface area contributed by atoms with E-state index < -0.39 is 0 Å². The van der Waals surface area contributed by atoms with Gasteiger partial charge in [0.25, 0.3) is 5.56 Å². The van der Waals surface area contributed by atoms with Crippen molar-refractivity contribution >= 4 is 27.5 Å². The second-order valence-electron chi connectivity index (χ2n) is 4.24. The van der Waals surface area contributed by atoms with E-state index in [1.807, 2.05) is 6.92 Å². The summed E-state index contributed by atoms with van der Waals surface area (Å²) in [6, 6.07) is 3.52. The first-order valence-electron chi connectivity index (χ1n) is 5.60. The fourth-order valence-electron chi connectivity index (χ4n) is 1.99. The first-order valence-corrected chi connectivity index (χ1v) is 6.37. The molecule has 2 aromatic heterocycles. The molecule has 0 unspecified atom stereocenters. The van der Waals surface area contributed by atoms with Gasteiger partial charge >= 0.3 is 0 Å². The zero-order valence-corrected chi connectivity index (χ0v) is 11.1. The molecule has 3 rings (SSSR count). The van der Waals surface area contributed by atoms with Crippen molar-refractivity contribution in [2.75, 3.05) is 0 Å². The predicted octanol–water partition coefficient (Wildman–Crippen LogP) is 1.26. The van der Waals surface area contributed by atoms with Crippen LogP contribution in [0.1, 0.15) is 21.5 Å². The van der Waals surface area contributed by atoms with Crippen LogP contribution in [0.3, 0.4) is 0 Å². The van der Waals surface area contributed by atoms with Crippen molar-refractivity contribution in [3.8, 4) is 0 Å². The van der Waals surface area contributed by atoms with Crippen molar-refractivity contribution in [1.29, 1.82) is 0 Å². The molecular weight excluding hydrogens is 264 g/mol. The molecule has 0 radical (unpaired) electrons. The van der Waals surface area contributed by atoms with Crippen molar-refractivity contribution in [3.63, 3.8) is 0 Å². The monoisotopic (exact) mass is 274 g/mol. The van der Waals surface area contributed by atoms with Gasteiger partial charge in [-0.05, 0) is 36.2 Å². The third kappa shape index (κ3) is 1.70. The molecule has 0 aliphatic heterocycles. The summed E-state index contributed by atoms with van der Waals surface area (Å²) < 4.78 is 6.06. The lowest BCUT2D eigenvalue weighted by Crippen LogP contribution is -2.19.